The molecule has 5 rings (SSSR count). The molecule has 2 N–H and O–H groups in total. The standard InChI is InChI=1S/C26H27ClF3N7O2/c1-35-7-5-16(35)15-39-25-32-21-14-17(23-19(26(28,29)30)3-4-22(31)33-23)20(27)13-18(21)24(34-25)37-10-8-36(9-11-37)6-2-12-38/h2-4,6,12-14,16H,5,7-11,15H2,1H3,(H2,31,33)/t16-/m1/s1. The van der Waals surface area contributed by atoms with Crippen molar-refractivity contribution in [1.82, 2.24) is 24.8 Å². The van der Waals surface area contributed by atoms with E-state index in [0.717, 1.165) is 31.4 Å². The summed E-state index contributed by atoms with van der Waals surface area (Å²) in [5.74, 6) is 0.508. The first-order chi connectivity index (χ1) is 18.6. The Hall–Kier alpha value is -3.64. The van der Waals surface area contributed by atoms with Crippen molar-refractivity contribution in [2.24, 2.45) is 0 Å². The number of nitrogens with zero attached hydrogens (tertiary/aromatic N) is 6. The summed E-state index contributed by atoms with van der Waals surface area (Å²) in [7, 11) is 2.01. The van der Waals surface area contributed by atoms with E-state index in [1.54, 1.807) is 12.3 Å². The number of hydrogen-bond donors (Lipinski definition) is 1. The number of fused-ring (bicyclic) bond motifs is 1. The maximum Gasteiger partial charge on any atom is 0.418 e. The second kappa shape index (κ2) is 10.9. The van der Waals surface area contributed by atoms with Crippen molar-refractivity contribution in [2.45, 2.75) is 18.6 Å². The molecule has 0 aliphatic carbocycles. The van der Waals surface area contributed by atoms with Crippen LogP contribution in [0.5, 0.6) is 6.01 Å². The van der Waals surface area contributed by atoms with Crippen molar-refractivity contribution in [1.29, 1.82) is 0 Å². The van der Waals surface area contributed by atoms with Crippen molar-refractivity contribution >= 4 is 40.4 Å². The van der Waals surface area contributed by atoms with Crippen LogP contribution in [0.4, 0.5) is 24.8 Å². The van der Waals surface area contributed by atoms with Gasteiger partial charge >= 0.3 is 12.2 Å². The summed E-state index contributed by atoms with van der Waals surface area (Å²) in [5, 5.41) is 0.638. The van der Waals surface area contributed by atoms with Crippen LogP contribution in [0, 0.1) is 0 Å². The van der Waals surface area contributed by atoms with Crippen LogP contribution in [0.15, 0.2) is 36.5 Å². The average Bonchev–Trinajstić information content (AvgIpc) is 2.90. The summed E-state index contributed by atoms with van der Waals surface area (Å²) in [6.45, 7) is 3.85. The molecular formula is C26H27ClF3N7O2. The number of aldehydes is 1. The molecular weight excluding hydrogens is 535 g/mol. The number of alkyl halides is 3. The maximum absolute atomic E-state index is 13.8. The second-order valence-electron chi connectivity index (χ2n) is 9.54. The number of nitrogens with two attached hydrogens (primary N) is 1. The van der Waals surface area contributed by atoms with Crippen molar-refractivity contribution in [2.75, 3.05) is 57.0 Å². The molecule has 0 amide bonds. The maximum atomic E-state index is 13.8. The Labute approximate surface area is 228 Å². The lowest BCUT2D eigenvalue weighted by molar-refractivity contribution is -0.137. The highest BCUT2D eigenvalue weighted by Gasteiger charge is 2.35. The fourth-order valence-corrected chi connectivity index (χ4v) is 4.95. The topological polar surface area (TPSA) is 101 Å². The minimum Gasteiger partial charge on any atom is -0.462 e. The third-order valence-corrected chi connectivity index (χ3v) is 7.37. The van der Waals surface area contributed by atoms with Gasteiger partial charge in [-0.3, -0.25) is 9.69 Å². The number of aromatic nitrogens is 3. The number of ether oxygens (including phenoxy) is 1. The number of piperazine rings is 1. The number of hydrogen-bond acceptors (Lipinski definition) is 9. The minimum atomic E-state index is -4.66. The Balaban J connectivity index is 1.57. The summed E-state index contributed by atoms with van der Waals surface area (Å²) in [4.78, 5) is 30.1. The zero-order valence-corrected chi connectivity index (χ0v) is 21.9. The molecule has 0 unspecified atom stereocenters. The Morgan fingerprint density at radius 1 is 1.13 bits per heavy atom. The van der Waals surface area contributed by atoms with E-state index in [1.807, 2.05) is 16.8 Å². The lowest BCUT2D eigenvalue weighted by Crippen LogP contribution is -2.48. The number of pyridine rings is 1. The summed E-state index contributed by atoms with van der Waals surface area (Å²) < 4.78 is 47.5. The van der Waals surface area contributed by atoms with Crippen LogP contribution in [-0.4, -0.2) is 83.5 Å². The van der Waals surface area contributed by atoms with E-state index >= 15 is 0 Å². The van der Waals surface area contributed by atoms with Gasteiger partial charge in [0.15, 0.2) is 0 Å². The fraction of sp³-hybridized carbons (Fsp3) is 0.385. The summed E-state index contributed by atoms with van der Waals surface area (Å²) in [6, 6.07) is 5.42. The Morgan fingerprint density at radius 2 is 1.90 bits per heavy atom. The fourth-order valence-electron chi connectivity index (χ4n) is 4.70. The molecule has 3 aromatic rings. The first-order valence-electron chi connectivity index (χ1n) is 12.4. The van der Waals surface area contributed by atoms with E-state index in [-0.39, 0.29) is 34.2 Å². The third-order valence-electron chi connectivity index (χ3n) is 7.05. The zero-order chi connectivity index (χ0) is 27.7. The van der Waals surface area contributed by atoms with Gasteiger partial charge in [-0.05, 0) is 50.4 Å². The molecule has 206 valence electrons. The number of likely N-dealkylation sites (N-methyl/N-ethyl adjacent to an activating group) is 1. The van der Waals surface area contributed by atoms with Gasteiger partial charge in [-0.2, -0.15) is 23.1 Å². The van der Waals surface area contributed by atoms with Gasteiger partial charge in [-0.1, -0.05) is 11.6 Å². The average molecular weight is 562 g/mol. The van der Waals surface area contributed by atoms with E-state index in [2.05, 4.69) is 19.9 Å². The molecule has 1 aromatic carbocycles. The lowest BCUT2D eigenvalue weighted by atomic mass is 10.0. The minimum absolute atomic E-state index is 0.0573. The van der Waals surface area contributed by atoms with Crippen molar-refractivity contribution in [3.63, 3.8) is 0 Å². The quantitative estimate of drug-likeness (QED) is 0.340. The van der Waals surface area contributed by atoms with E-state index in [1.165, 1.54) is 12.1 Å². The highest BCUT2D eigenvalue weighted by Crippen LogP contribution is 2.41. The number of benzene rings is 1. The summed E-state index contributed by atoms with van der Waals surface area (Å²) >= 11 is 6.58. The first-order valence-corrected chi connectivity index (χ1v) is 12.8. The van der Waals surface area contributed by atoms with Crippen molar-refractivity contribution in [3.05, 3.63) is 47.1 Å². The van der Waals surface area contributed by atoms with Gasteiger partial charge in [0.1, 0.15) is 24.5 Å². The van der Waals surface area contributed by atoms with Gasteiger partial charge in [-0.15, -0.1) is 0 Å². The number of allylic oxidation sites excluding steroid dienone is 1. The van der Waals surface area contributed by atoms with E-state index in [4.69, 9.17) is 22.1 Å². The van der Waals surface area contributed by atoms with Crippen LogP contribution in [-0.2, 0) is 11.0 Å². The Kier molecular flexibility index (Phi) is 7.50. The van der Waals surface area contributed by atoms with Crippen LogP contribution in [0.25, 0.3) is 22.2 Å². The number of carbonyl (C=O) groups is 1. The van der Waals surface area contributed by atoms with Gasteiger partial charge in [0, 0.05) is 49.4 Å². The molecule has 9 nitrogen and oxygen atoms in total. The van der Waals surface area contributed by atoms with Gasteiger partial charge in [-0.25, -0.2) is 4.98 Å². The smallest absolute Gasteiger partial charge is 0.418 e. The summed E-state index contributed by atoms with van der Waals surface area (Å²) in [5.41, 5.74) is 4.86. The van der Waals surface area contributed by atoms with Crippen LogP contribution < -0.4 is 15.4 Å². The zero-order valence-electron chi connectivity index (χ0n) is 21.2. The van der Waals surface area contributed by atoms with Crippen LogP contribution in [0.3, 0.4) is 0 Å². The highest BCUT2D eigenvalue weighted by atomic mass is 35.5. The Bertz CT molecular complexity index is 1410. The molecule has 1 atom stereocenters. The number of halogens is 4. The predicted molar refractivity (Wildman–Crippen MR) is 143 cm³/mol. The molecule has 2 saturated heterocycles. The molecule has 0 radical (unpaired) electrons. The van der Waals surface area contributed by atoms with Crippen LogP contribution in [0.2, 0.25) is 5.02 Å². The Morgan fingerprint density at radius 3 is 2.54 bits per heavy atom. The molecule has 2 aromatic heterocycles. The number of likely N-dealkylation sites (tertiary alicyclic amines) is 1. The van der Waals surface area contributed by atoms with Gasteiger partial charge in [0.05, 0.1) is 21.8 Å². The normalized spacial score (nSPS) is 18.5. The van der Waals surface area contributed by atoms with Gasteiger partial charge in [0.2, 0.25) is 0 Å². The predicted octanol–water partition coefficient (Wildman–Crippen LogP) is 3.86. The SMILES string of the molecule is CN1CC[C@@H]1COc1nc(N2CCN(C=CC=O)CC2)c2cc(Cl)c(-c3nc(N)ccc3C(F)(F)F)cc2n1. The number of nitrogen functional groups attached to an aromatic ring is 1. The lowest BCUT2D eigenvalue weighted by Gasteiger charge is -2.37. The molecule has 13 heteroatoms. The molecule has 2 aliphatic heterocycles. The number of carbonyl (C=O) groups excluding carboxylic acids is 1. The van der Waals surface area contributed by atoms with Crippen LogP contribution in [0.1, 0.15) is 12.0 Å². The van der Waals surface area contributed by atoms with Crippen molar-refractivity contribution < 1.29 is 22.7 Å². The van der Waals surface area contributed by atoms with Gasteiger partial charge in [0.25, 0.3) is 0 Å². The molecule has 0 spiro atoms. The number of rotatable bonds is 7. The first kappa shape index (κ1) is 26.9. The summed E-state index contributed by atoms with van der Waals surface area (Å²) in [6.07, 6.45) is 0.249. The largest absolute Gasteiger partial charge is 0.462 e. The molecule has 2 fully saturated rings. The highest BCUT2D eigenvalue weighted by molar-refractivity contribution is 6.34. The van der Waals surface area contributed by atoms with E-state index in [9.17, 15) is 18.0 Å². The molecule has 2 aliphatic rings. The number of anilines is 2. The van der Waals surface area contributed by atoms with E-state index < -0.39 is 11.7 Å². The van der Waals surface area contributed by atoms with Gasteiger partial charge < -0.3 is 20.3 Å². The molecule has 0 saturated carbocycles. The monoisotopic (exact) mass is 561 g/mol. The van der Waals surface area contributed by atoms with Crippen LogP contribution >= 0.6 is 11.6 Å². The van der Waals surface area contributed by atoms with E-state index in [0.29, 0.717) is 49.5 Å². The van der Waals surface area contributed by atoms with Crippen molar-refractivity contribution in [3.8, 4) is 17.3 Å². The molecule has 39 heavy (non-hydrogen) atoms. The molecule has 4 heterocycles. The molecule has 0 bridgehead atoms. The second-order valence-corrected chi connectivity index (χ2v) is 9.95. The third kappa shape index (κ3) is 5.71.